The summed E-state index contributed by atoms with van der Waals surface area (Å²) >= 11 is 0. The Hall–Kier alpha value is -1.37. The maximum Gasteiger partial charge on any atom is 0.0991 e. The maximum absolute atomic E-state index is 8.95. The smallest absolute Gasteiger partial charge is 0.0991 e. The van der Waals surface area contributed by atoms with Gasteiger partial charge in [-0.2, -0.15) is 5.26 Å². The van der Waals surface area contributed by atoms with Crippen LogP contribution in [0.5, 0.6) is 0 Å². The Kier molecular flexibility index (Phi) is 5.68. The predicted molar refractivity (Wildman–Crippen MR) is 66.4 cm³/mol. The van der Waals surface area contributed by atoms with Crippen LogP contribution in [-0.2, 0) is 4.74 Å². The molecule has 0 bridgehead atoms. The van der Waals surface area contributed by atoms with E-state index < -0.39 is 0 Å². The fourth-order valence-electron chi connectivity index (χ4n) is 1.89. The van der Waals surface area contributed by atoms with Crippen LogP contribution in [-0.4, -0.2) is 17.8 Å². The van der Waals surface area contributed by atoms with Crippen LogP contribution in [0.3, 0.4) is 0 Å². The van der Waals surface area contributed by atoms with E-state index in [0.717, 1.165) is 18.4 Å². The third-order valence-corrected chi connectivity index (χ3v) is 2.70. The molecule has 1 aliphatic rings. The lowest BCUT2D eigenvalue weighted by Crippen LogP contribution is -2.11. The lowest BCUT2D eigenvalue weighted by Gasteiger charge is -2.12. The van der Waals surface area contributed by atoms with Crippen LogP contribution in [0.4, 0.5) is 0 Å². The molecule has 2 atom stereocenters. The van der Waals surface area contributed by atoms with Crippen molar-refractivity contribution in [1.29, 1.82) is 5.26 Å². The molecule has 3 heteroatoms. The fraction of sp³-hybridized carbons (Fsp3) is 0.500. The molecular weight excluding hydrogens is 214 g/mol. The number of hydrogen-bond acceptors (Lipinski definition) is 3. The van der Waals surface area contributed by atoms with E-state index in [1.54, 1.807) is 6.07 Å². The molecular formula is C14H19NO2. The SMILES string of the molecule is CC.N#Cc1cccc(C2CCC(CO)O2)c1. The van der Waals surface area contributed by atoms with Crippen molar-refractivity contribution in [3.05, 3.63) is 35.4 Å². The second kappa shape index (κ2) is 7.05. The molecule has 0 aliphatic carbocycles. The van der Waals surface area contributed by atoms with E-state index in [1.807, 2.05) is 32.0 Å². The van der Waals surface area contributed by atoms with E-state index in [1.165, 1.54) is 0 Å². The summed E-state index contributed by atoms with van der Waals surface area (Å²) in [6.07, 6.45) is 1.80. The minimum absolute atomic E-state index is 0.0375. The highest BCUT2D eigenvalue weighted by Gasteiger charge is 2.25. The third kappa shape index (κ3) is 3.55. The highest BCUT2D eigenvalue weighted by molar-refractivity contribution is 5.34. The van der Waals surface area contributed by atoms with E-state index in [4.69, 9.17) is 15.1 Å². The summed E-state index contributed by atoms with van der Waals surface area (Å²) < 4.78 is 5.64. The van der Waals surface area contributed by atoms with E-state index in [-0.39, 0.29) is 18.8 Å². The monoisotopic (exact) mass is 233 g/mol. The van der Waals surface area contributed by atoms with Gasteiger partial charge < -0.3 is 9.84 Å². The lowest BCUT2D eigenvalue weighted by molar-refractivity contribution is 0.0110. The van der Waals surface area contributed by atoms with Gasteiger partial charge in [-0.3, -0.25) is 0 Å². The molecule has 0 radical (unpaired) electrons. The molecule has 3 nitrogen and oxygen atoms in total. The van der Waals surface area contributed by atoms with Gasteiger partial charge in [-0.1, -0.05) is 26.0 Å². The zero-order valence-electron chi connectivity index (χ0n) is 10.4. The van der Waals surface area contributed by atoms with Crippen LogP contribution in [0.25, 0.3) is 0 Å². The van der Waals surface area contributed by atoms with Gasteiger partial charge in [0.15, 0.2) is 0 Å². The van der Waals surface area contributed by atoms with Crippen LogP contribution in [0.1, 0.15) is 43.9 Å². The maximum atomic E-state index is 8.95. The van der Waals surface area contributed by atoms with Crippen molar-refractivity contribution in [3.8, 4) is 6.07 Å². The first-order chi connectivity index (χ1) is 8.33. The van der Waals surface area contributed by atoms with Crippen molar-refractivity contribution >= 4 is 0 Å². The average Bonchev–Trinajstić information content (AvgIpc) is 2.90. The summed E-state index contributed by atoms with van der Waals surface area (Å²) in [6, 6.07) is 9.57. The summed E-state index contributed by atoms with van der Waals surface area (Å²) in [4.78, 5) is 0. The molecule has 92 valence electrons. The molecule has 1 heterocycles. The van der Waals surface area contributed by atoms with Crippen LogP contribution in [0.15, 0.2) is 24.3 Å². The van der Waals surface area contributed by atoms with Gasteiger partial charge >= 0.3 is 0 Å². The molecule has 0 spiro atoms. The van der Waals surface area contributed by atoms with Crippen molar-refractivity contribution in [1.82, 2.24) is 0 Å². The van der Waals surface area contributed by atoms with Gasteiger partial charge in [0.05, 0.1) is 30.4 Å². The zero-order valence-corrected chi connectivity index (χ0v) is 10.4. The van der Waals surface area contributed by atoms with Gasteiger partial charge in [-0.05, 0) is 30.5 Å². The molecule has 1 saturated heterocycles. The summed E-state index contributed by atoms with van der Waals surface area (Å²) in [5.74, 6) is 0. The number of ether oxygens (including phenoxy) is 1. The Balaban J connectivity index is 0.000000686. The first-order valence-electron chi connectivity index (χ1n) is 6.10. The fourth-order valence-corrected chi connectivity index (χ4v) is 1.89. The summed E-state index contributed by atoms with van der Waals surface area (Å²) in [6.45, 7) is 4.08. The van der Waals surface area contributed by atoms with E-state index in [9.17, 15) is 0 Å². The van der Waals surface area contributed by atoms with Crippen molar-refractivity contribution in [2.45, 2.75) is 38.9 Å². The predicted octanol–water partition coefficient (Wildman–Crippen LogP) is 2.80. The highest BCUT2D eigenvalue weighted by atomic mass is 16.5. The zero-order chi connectivity index (χ0) is 12.7. The second-order valence-electron chi connectivity index (χ2n) is 3.74. The Morgan fingerprint density at radius 3 is 2.76 bits per heavy atom. The molecule has 1 aromatic rings. The van der Waals surface area contributed by atoms with Crippen molar-refractivity contribution < 1.29 is 9.84 Å². The van der Waals surface area contributed by atoms with Crippen molar-refractivity contribution in [3.63, 3.8) is 0 Å². The van der Waals surface area contributed by atoms with Gasteiger partial charge in [0.25, 0.3) is 0 Å². The molecule has 1 aliphatic heterocycles. The Morgan fingerprint density at radius 1 is 1.41 bits per heavy atom. The topological polar surface area (TPSA) is 53.2 Å². The molecule has 0 saturated carbocycles. The first kappa shape index (κ1) is 13.7. The minimum atomic E-state index is -0.0410. The number of nitrogens with zero attached hydrogens (tertiary/aromatic N) is 1. The van der Waals surface area contributed by atoms with Gasteiger partial charge in [0.1, 0.15) is 0 Å². The van der Waals surface area contributed by atoms with Gasteiger partial charge in [0.2, 0.25) is 0 Å². The van der Waals surface area contributed by atoms with Crippen LogP contribution in [0.2, 0.25) is 0 Å². The molecule has 0 amide bonds. The number of aliphatic hydroxyl groups excluding tert-OH is 1. The second-order valence-corrected chi connectivity index (χ2v) is 3.74. The quantitative estimate of drug-likeness (QED) is 0.854. The summed E-state index contributed by atoms with van der Waals surface area (Å²) in [7, 11) is 0. The molecule has 2 rings (SSSR count). The standard InChI is InChI=1S/C12H13NO2.C2H6/c13-7-9-2-1-3-10(6-9)12-5-4-11(8-14)15-12;1-2/h1-3,6,11-12,14H,4-5,8H2;1-2H3. The molecule has 1 N–H and O–H groups in total. The number of aliphatic hydroxyl groups is 1. The van der Waals surface area contributed by atoms with Gasteiger partial charge in [-0.15, -0.1) is 0 Å². The van der Waals surface area contributed by atoms with Crippen molar-refractivity contribution in [2.75, 3.05) is 6.61 Å². The van der Waals surface area contributed by atoms with Gasteiger partial charge in [0, 0.05) is 0 Å². The minimum Gasteiger partial charge on any atom is -0.394 e. The number of benzene rings is 1. The van der Waals surface area contributed by atoms with Crippen LogP contribution in [0, 0.1) is 11.3 Å². The molecule has 2 unspecified atom stereocenters. The normalized spacial score (nSPS) is 22.5. The molecule has 17 heavy (non-hydrogen) atoms. The van der Waals surface area contributed by atoms with Gasteiger partial charge in [-0.25, -0.2) is 0 Å². The summed E-state index contributed by atoms with van der Waals surface area (Å²) in [5, 5.41) is 17.7. The van der Waals surface area contributed by atoms with E-state index >= 15 is 0 Å². The molecule has 1 fully saturated rings. The van der Waals surface area contributed by atoms with Crippen LogP contribution >= 0.6 is 0 Å². The Bertz CT molecular complexity index is 384. The van der Waals surface area contributed by atoms with E-state index in [2.05, 4.69) is 6.07 Å². The average molecular weight is 233 g/mol. The largest absolute Gasteiger partial charge is 0.394 e. The van der Waals surface area contributed by atoms with E-state index in [0.29, 0.717) is 5.56 Å². The summed E-state index contributed by atoms with van der Waals surface area (Å²) in [5.41, 5.74) is 1.69. The number of rotatable bonds is 2. The Labute approximate surface area is 103 Å². The highest BCUT2D eigenvalue weighted by Crippen LogP contribution is 2.32. The third-order valence-electron chi connectivity index (χ3n) is 2.70. The molecule has 0 aromatic heterocycles. The number of nitriles is 1. The molecule has 1 aromatic carbocycles. The van der Waals surface area contributed by atoms with Crippen molar-refractivity contribution in [2.24, 2.45) is 0 Å². The van der Waals surface area contributed by atoms with Crippen LogP contribution < -0.4 is 0 Å². The lowest BCUT2D eigenvalue weighted by atomic mass is 10.0. The first-order valence-corrected chi connectivity index (χ1v) is 6.10. The Morgan fingerprint density at radius 2 is 2.18 bits per heavy atom. The number of hydrogen-bond donors (Lipinski definition) is 1.